The van der Waals surface area contributed by atoms with E-state index in [1.807, 2.05) is 0 Å². The van der Waals surface area contributed by atoms with Crippen molar-refractivity contribution in [3.63, 3.8) is 0 Å². The lowest BCUT2D eigenvalue weighted by Crippen LogP contribution is -2.52. The first-order valence-corrected chi connectivity index (χ1v) is 19.3. The Labute approximate surface area is 332 Å². The summed E-state index contributed by atoms with van der Waals surface area (Å²) < 4.78 is 21.0. The SMILES string of the molecule is CC(C)(C)OC(=O)NCCCC[C@H](NC(=O)OC(C)(C)C)C(=O)NCCCC[C@@H](NC(=O)[C@H](CCCCNC(=O)OC(C)(C)C)NC(=O)OC(C)(C)C)C(=O)O. The molecule has 0 aromatic heterocycles. The molecular formula is C38H70N6O12. The van der Waals surface area contributed by atoms with E-state index >= 15 is 0 Å². The van der Waals surface area contributed by atoms with Gasteiger partial charge >= 0.3 is 30.3 Å². The Morgan fingerprint density at radius 2 is 0.714 bits per heavy atom. The van der Waals surface area contributed by atoms with Crippen molar-refractivity contribution in [3.05, 3.63) is 0 Å². The number of hydrogen-bond acceptors (Lipinski definition) is 11. The standard InChI is InChI=1S/C38H70N6O12/c1-35(2,3)53-31(49)40-23-17-13-19-25(43-33(51)55-37(7,8)9)28(45)39-22-16-15-21-27(30(47)48)42-29(46)26(44-34(52)56-38(10,11)12)20-14-18-24-41-32(50)54-36(4,5)6/h25-27H,13-24H2,1-12H3,(H,39,45)(H,40,49)(H,41,50)(H,42,46)(H,43,51)(H,44,52)(H,47,48)/t25-,26-,27+/m0/s1. The van der Waals surface area contributed by atoms with Gasteiger partial charge in [-0.1, -0.05) is 0 Å². The molecule has 0 radical (unpaired) electrons. The zero-order valence-corrected chi connectivity index (χ0v) is 35.7. The number of carbonyl (C=O) groups excluding carboxylic acids is 6. The Kier molecular flexibility index (Phi) is 22.2. The summed E-state index contributed by atoms with van der Waals surface area (Å²) in [5.74, 6) is -2.45. The summed E-state index contributed by atoms with van der Waals surface area (Å²) >= 11 is 0. The fraction of sp³-hybridized carbons (Fsp3) is 0.816. The minimum absolute atomic E-state index is 0.0279. The lowest BCUT2D eigenvalue weighted by molar-refractivity contribution is -0.142. The number of rotatable bonds is 21. The topological polar surface area (TPSA) is 249 Å². The molecule has 0 rings (SSSR count). The molecule has 0 aliphatic heterocycles. The van der Waals surface area contributed by atoms with Gasteiger partial charge in [0.15, 0.2) is 0 Å². The molecule has 3 atom stereocenters. The largest absolute Gasteiger partial charge is 0.480 e. The van der Waals surface area contributed by atoms with E-state index in [-0.39, 0.29) is 32.4 Å². The molecule has 7 N–H and O–H groups in total. The van der Waals surface area contributed by atoms with Gasteiger partial charge < -0.3 is 56.0 Å². The van der Waals surface area contributed by atoms with Crippen molar-refractivity contribution >= 4 is 42.2 Å². The van der Waals surface area contributed by atoms with Crippen LogP contribution in [-0.4, -0.2) is 107 Å². The molecular weight excluding hydrogens is 732 g/mol. The molecule has 0 unspecified atom stereocenters. The van der Waals surface area contributed by atoms with Gasteiger partial charge in [0.25, 0.3) is 0 Å². The van der Waals surface area contributed by atoms with E-state index in [2.05, 4.69) is 31.9 Å². The Balaban J connectivity index is 5.23. The smallest absolute Gasteiger partial charge is 0.408 e. The van der Waals surface area contributed by atoms with Gasteiger partial charge in [0.05, 0.1) is 0 Å². The highest BCUT2D eigenvalue weighted by molar-refractivity contribution is 5.89. The summed E-state index contributed by atoms with van der Waals surface area (Å²) in [7, 11) is 0. The first kappa shape index (κ1) is 51.5. The molecule has 0 aliphatic carbocycles. The molecule has 0 aliphatic rings. The maximum Gasteiger partial charge on any atom is 0.408 e. The average Bonchev–Trinajstić information content (AvgIpc) is 2.98. The molecule has 0 spiro atoms. The molecule has 0 aromatic rings. The number of amides is 6. The van der Waals surface area contributed by atoms with Crippen molar-refractivity contribution in [2.45, 2.75) is 181 Å². The predicted octanol–water partition coefficient (Wildman–Crippen LogP) is 5.02. The fourth-order valence-electron chi connectivity index (χ4n) is 4.73. The highest BCUT2D eigenvalue weighted by atomic mass is 16.6. The normalized spacial score (nSPS) is 13.5. The van der Waals surface area contributed by atoms with Crippen molar-refractivity contribution in [1.82, 2.24) is 31.9 Å². The molecule has 0 fully saturated rings. The van der Waals surface area contributed by atoms with Crippen LogP contribution >= 0.6 is 0 Å². The van der Waals surface area contributed by atoms with Crippen LogP contribution in [-0.2, 0) is 33.3 Å². The molecule has 56 heavy (non-hydrogen) atoms. The van der Waals surface area contributed by atoms with Crippen LogP contribution in [0.15, 0.2) is 0 Å². The van der Waals surface area contributed by atoms with Crippen molar-refractivity contribution in [3.8, 4) is 0 Å². The Morgan fingerprint density at radius 1 is 0.411 bits per heavy atom. The van der Waals surface area contributed by atoms with Crippen molar-refractivity contribution in [1.29, 1.82) is 0 Å². The number of carboxylic acid groups (broad SMARTS) is 1. The Bertz CT molecular complexity index is 1280. The van der Waals surface area contributed by atoms with Gasteiger partial charge in [0.2, 0.25) is 11.8 Å². The maximum atomic E-state index is 13.3. The first-order chi connectivity index (χ1) is 25.6. The number of aliphatic carboxylic acids is 1. The van der Waals surface area contributed by atoms with Crippen molar-refractivity contribution < 1.29 is 57.6 Å². The van der Waals surface area contributed by atoms with Crippen LogP contribution in [0, 0.1) is 0 Å². The Hall–Kier alpha value is -4.51. The third kappa shape index (κ3) is 28.9. The second-order valence-corrected chi connectivity index (χ2v) is 17.4. The number of hydrogen-bond donors (Lipinski definition) is 7. The summed E-state index contributed by atoms with van der Waals surface area (Å²) in [5.41, 5.74) is -2.92. The molecule has 324 valence electrons. The van der Waals surface area contributed by atoms with E-state index < -0.39 is 82.7 Å². The molecule has 0 saturated carbocycles. The van der Waals surface area contributed by atoms with Crippen LogP contribution in [0.25, 0.3) is 0 Å². The van der Waals surface area contributed by atoms with Crippen LogP contribution in [0.1, 0.15) is 141 Å². The van der Waals surface area contributed by atoms with Crippen LogP contribution in [0.5, 0.6) is 0 Å². The minimum Gasteiger partial charge on any atom is -0.480 e. The number of nitrogens with one attached hydrogen (secondary N) is 6. The van der Waals surface area contributed by atoms with Gasteiger partial charge in [-0.25, -0.2) is 24.0 Å². The number of carboxylic acids is 1. The third-order valence-electron chi connectivity index (χ3n) is 7.02. The van der Waals surface area contributed by atoms with Gasteiger partial charge in [0.1, 0.15) is 40.5 Å². The molecule has 0 saturated heterocycles. The van der Waals surface area contributed by atoms with Crippen LogP contribution < -0.4 is 31.9 Å². The van der Waals surface area contributed by atoms with Crippen LogP contribution in [0.4, 0.5) is 19.2 Å². The quantitative estimate of drug-likeness (QED) is 0.0597. The molecule has 6 amide bonds. The number of alkyl carbamates (subject to hydrolysis) is 4. The van der Waals surface area contributed by atoms with Gasteiger partial charge in [-0.3, -0.25) is 9.59 Å². The molecule has 0 bridgehead atoms. The van der Waals surface area contributed by atoms with Gasteiger partial charge in [-0.15, -0.1) is 0 Å². The molecule has 18 heteroatoms. The van der Waals surface area contributed by atoms with Gasteiger partial charge in [-0.05, 0) is 141 Å². The van der Waals surface area contributed by atoms with Crippen LogP contribution in [0.3, 0.4) is 0 Å². The van der Waals surface area contributed by atoms with Crippen LogP contribution in [0.2, 0.25) is 0 Å². The Morgan fingerprint density at radius 3 is 1.05 bits per heavy atom. The van der Waals surface area contributed by atoms with E-state index in [9.17, 15) is 38.7 Å². The zero-order chi connectivity index (χ0) is 43.3. The van der Waals surface area contributed by atoms with Crippen molar-refractivity contribution in [2.24, 2.45) is 0 Å². The van der Waals surface area contributed by atoms with E-state index in [0.29, 0.717) is 45.1 Å². The number of ether oxygens (including phenoxy) is 4. The summed E-state index contributed by atoms with van der Waals surface area (Å²) in [5, 5.41) is 25.5. The zero-order valence-electron chi connectivity index (χ0n) is 35.7. The summed E-state index contributed by atoms with van der Waals surface area (Å²) in [4.78, 5) is 87.3. The first-order valence-electron chi connectivity index (χ1n) is 19.3. The maximum absolute atomic E-state index is 13.3. The highest BCUT2D eigenvalue weighted by Gasteiger charge is 2.29. The second kappa shape index (κ2) is 24.2. The number of carbonyl (C=O) groups is 7. The van der Waals surface area contributed by atoms with E-state index in [4.69, 9.17) is 18.9 Å². The second-order valence-electron chi connectivity index (χ2n) is 17.4. The molecule has 18 nitrogen and oxygen atoms in total. The fourth-order valence-corrected chi connectivity index (χ4v) is 4.73. The highest BCUT2D eigenvalue weighted by Crippen LogP contribution is 2.12. The lowest BCUT2D eigenvalue weighted by atomic mass is 10.1. The summed E-state index contributed by atoms with van der Waals surface area (Å²) in [6, 6.07) is -3.33. The van der Waals surface area contributed by atoms with E-state index in [0.717, 1.165) is 0 Å². The number of unbranched alkanes of at least 4 members (excludes halogenated alkanes) is 3. The third-order valence-corrected chi connectivity index (χ3v) is 7.02. The summed E-state index contributed by atoms with van der Waals surface area (Å²) in [6.07, 6.45) is 0.185. The minimum atomic E-state index is -1.29. The predicted molar refractivity (Wildman–Crippen MR) is 209 cm³/mol. The molecule has 0 heterocycles. The monoisotopic (exact) mass is 803 g/mol. The molecule has 0 aromatic carbocycles. The van der Waals surface area contributed by atoms with Gasteiger partial charge in [0, 0.05) is 19.6 Å². The van der Waals surface area contributed by atoms with E-state index in [1.54, 1.807) is 83.1 Å². The van der Waals surface area contributed by atoms with Gasteiger partial charge in [-0.2, -0.15) is 0 Å². The van der Waals surface area contributed by atoms with Crippen molar-refractivity contribution in [2.75, 3.05) is 19.6 Å². The summed E-state index contributed by atoms with van der Waals surface area (Å²) in [6.45, 7) is 21.3. The van der Waals surface area contributed by atoms with E-state index in [1.165, 1.54) is 0 Å². The lowest BCUT2D eigenvalue weighted by Gasteiger charge is -2.24. The average molecular weight is 803 g/mol.